The zero-order valence-corrected chi connectivity index (χ0v) is 39.8. The van der Waals surface area contributed by atoms with Crippen molar-refractivity contribution in [1.29, 1.82) is 0 Å². The summed E-state index contributed by atoms with van der Waals surface area (Å²) in [7, 11) is 0. The van der Waals surface area contributed by atoms with Crippen molar-refractivity contribution in [3.05, 3.63) is 324 Å². The third-order valence-corrected chi connectivity index (χ3v) is 13.7. The largest absolute Gasteiger partial charge is 0.457 e. The monoisotopic (exact) mass is 934 g/mol. The van der Waals surface area contributed by atoms with Gasteiger partial charge >= 0.3 is 0 Å². The summed E-state index contributed by atoms with van der Waals surface area (Å²) >= 11 is 0. The Hall–Kier alpha value is -9.70. The van der Waals surface area contributed by atoms with Gasteiger partial charge in [0.15, 0.2) is 11.6 Å². The molecule has 0 aromatic heterocycles. The summed E-state index contributed by atoms with van der Waals surface area (Å²) in [6.07, 6.45) is 0. The molecular weight excluding hydrogens is 889 g/mol. The molecule has 0 amide bonds. The summed E-state index contributed by atoms with van der Waals surface area (Å²) < 4.78 is 6.59. The van der Waals surface area contributed by atoms with E-state index >= 15 is 9.59 Å². The van der Waals surface area contributed by atoms with E-state index in [2.05, 4.69) is 97.1 Å². The van der Waals surface area contributed by atoms with Crippen LogP contribution in [0.25, 0.3) is 66.8 Å². The molecule has 0 radical (unpaired) electrons. The summed E-state index contributed by atoms with van der Waals surface area (Å²) in [6.45, 7) is 0. The van der Waals surface area contributed by atoms with E-state index in [9.17, 15) is 0 Å². The molecule has 0 saturated heterocycles. The average Bonchev–Trinajstić information content (AvgIpc) is 3.95. The predicted octanol–water partition coefficient (Wildman–Crippen LogP) is 17.0. The summed E-state index contributed by atoms with van der Waals surface area (Å²) in [5, 5.41) is 0. The van der Waals surface area contributed by atoms with Crippen LogP contribution in [0.3, 0.4) is 0 Å². The summed E-state index contributed by atoms with van der Waals surface area (Å²) in [5.74, 6) is 1.27. The Labute approximate surface area is 425 Å². The normalized spacial score (nSPS) is 13.6. The van der Waals surface area contributed by atoms with Crippen molar-refractivity contribution in [2.45, 2.75) is 0 Å². The van der Waals surface area contributed by atoms with Gasteiger partial charge in [-0.2, -0.15) is 0 Å². The number of carbonyl (C=O) groups excluding carboxylic acids is 2. The van der Waals surface area contributed by atoms with E-state index in [1.807, 2.05) is 182 Å². The number of carbonyl (C=O) groups is 2. The van der Waals surface area contributed by atoms with Gasteiger partial charge in [0, 0.05) is 44.6 Å². The average molecular weight is 935 g/mol. The molecule has 0 unspecified atom stereocenters. The molecule has 12 rings (SSSR count). The fourth-order valence-corrected chi connectivity index (χ4v) is 10.3. The van der Waals surface area contributed by atoms with Crippen LogP contribution in [0, 0.1) is 0 Å². The van der Waals surface area contributed by atoms with Crippen LogP contribution < -0.4 is 4.74 Å². The number of benzene rings is 10. The molecule has 2 aliphatic rings. The maximum atomic E-state index is 15.1. The Morgan fingerprint density at radius 1 is 0.164 bits per heavy atom. The first-order valence-electron chi connectivity index (χ1n) is 24.6. The van der Waals surface area contributed by atoms with Gasteiger partial charge in [-0.05, 0) is 91.0 Å². The van der Waals surface area contributed by atoms with Crippen molar-refractivity contribution in [3.63, 3.8) is 0 Å². The maximum Gasteiger partial charge on any atom is 0.195 e. The van der Waals surface area contributed by atoms with Gasteiger partial charge < -0.3 is 4.74 Å². The fourth-order valence-electron chi connectivity index (χ4n) is 10.3. The lowest BCUT2D eigenvalue weighted by Crippen LogP contribution is -2.02. The van der Waals surface area contributed by atoms with Crippen molar-refractivity contribution < 1.29 is 14.3 Å². The third kappa shape index (κ3) is 8.60. The van der Waals surface area contributed by atoms with Crippen LogP contribution in [-0.4, -0.2) is 11.6 Å². The van der Waals surface area contributed by atoms with E-state index in [1.54, 1.807) is 0 Å². The van der Waals surface area contributed by atoms with Crippen molar-refractivity contribution in [2.75, 3.05) is 0 Å². The maximum absolute atomic E-state index is 15.1. The molecule has 73 heavy (non-hydrogen) atoms. The molecule has 10 aromatic carbocycles. The van der Waals surface area contributed by atoms with Crippen LogP contribution in [0.15, 0.2) is 279 Å². The predicted molar refractivity (Wildman–Crippen MR) is 300 cm³/mol. The Morgan fingerprint density at radius 3 is 0.589 bits per heavy atom. The van der Waals surface area contributed by atoms with Crippen molar-refractivity contribution >= 4 is 56.2 Å². The Balaban J connectivity index is 0.906. The van der Waals surface area contributed by atoms with Crippen molar-refractivity contribution in [1.82, 2.24) is 0 Å². The van der Waals surface area contributed by atoms with Crippen LogP contribution in [0.4, 0.5) is 0 Å². The number of hydrogen-bond donors (Lipinski definition) is 0. The number of rotatable bonds is 12. The molecule has 0 saturated carbocycles. The van der Waals surface area contributed by atoms with E-state index in [0.717, 1.165) is 89.1 Å². The first-order valence-corrected chi connectivity index (χ1v) is 24.6. The second-order valence-corrected chi connectivity index (χ2v) is 18.2. The van der Waals surface area contributed by atoms with Gasteiger partial charge in [-0.15, -0.1) is 0 Å². The first kappa shape index (κ1) is 44.5. The summed E-state index contributed by atoms with van der Waals surface area (Å²) in [5.41, 5.74) is 17.8. The molecule has 0 fully saturated rings. The Kier molecular flexibility index (Phi) is 11.9. The van der Waals surface area contributed by atoms with Gasteiger partial charge in [-0.25, -0.2) is 0 Å². The molecule has 2 aliphatic carbocycles. The Morgan fingerprint density at radius 2 is 0.329 bits per heavy atom. The second-order valence-electron chi connectivity index (χ2n) is 18.2. The highest BCUT2D eigenvalue weighted by Crippen LogP contribution is 2.52. The standard InChI is InChI=1S/C70H46O3/c71-69-65(53-27-15-5-16-28-53)63(61(51-23-11-3-12-24-51)67(69)57-35-31-49(32-36-57)47-19-7-1-8-20-47)55-39-43-59(44-40-55)73-60-45-41-56(42-46-60)64-62(52-25-13-4-14-26-52)68(70(72)66(64)54-29-17-6-18-30-54)58-37-33-50(34-38-58)48-21-9-2-10-22-48/h1-46H. The molecule has 344 valence electrons. The van der Waals surface area contributed by atoms with Crippen molar-refractivity contribution in [2.24, 2.45) is 0 Å². The van der Waals surface area contributed by atoms with Gasteiger partial charge in [0.25, 0.3) is 0 Å². The number of Topliss-reactive ketones (excluding diaryl/α,β-unsaturated/α-hetero) is 2. The highest BCUT2D eigenvalue weighted by atomic mass is 16.5. The van der Waals surface area contributed by atoms with Crippen LogP contribution >= 0.6 is 0 Å². The minimum Gasteiger partial charge on any atom is -0.457 e. The number of ether oxygens (including phenoxy) is 1. The van der Waals surface area contributed by atoms with E-state index in [4.69, 9.17) is 4.74 Å². The highest BCUT2D eigenvalue weighted by Gasteiger charge is 2.37. The smallest absolute Gasteiger partial charge is 0.195 e. The van der Waals surface area contributed by atoms with Gasteiger partial charge in [0.2, 0.25) is 0 Å². The number of allylic oxidation sites excluding steroid dienone is 8. The highest BCUT2D eigenvalue weighted by molar-refractivity contribution is 6.60. The molecule has 0 atom stereocenters. The van der Waals surface area contributed by atoms with Gasteiger partial charge in [-0.3, -0.25) is 9.59 Å². The van der Waals surface area contributed by atoms with E-state index < -0.39 is 0 Å². The quantitative estimate of drug-likeness (QED) is 0.123. The minimum atomic E-state index is -0.0132. The molecule has 0 spiro atoms. The number of ketones is 2. The summed E-state index contributed by atoms with van der Waals surface area (Å²) in [6, 6.07) is 93.7. The lowest BCUT2D eigenvalue weighted by molar-refractivity contribution is -0.109. The van der Waals surface area contributed by atoms with Gasteiger partial charge in [0.05, 0.1) is 0 Å². The minimum absolute atomic E-state index is 0.0132. The zero-order chi connectivity index (χ0) is 49.1. The van der Waals surface area contributed by atoms with Gasteiger partial charge in [0.1, 0.15) is 11.5 Å². The van der Waals surface area contributed by atoms with Crippen molar-refractivity contribution in [3.8, 4) is 33.8 Å². The van der Waals surface area contributed by atoms with Crippen LogP contribution in [-0.2, 0) is 9.59 Å². The van der Waals surface area contributed by atoms with Gasteiger partial charge in [-0.1, -0.05) is 255 Å². The van der Waals surface area contributed by atoms with Crippen LogP contribution in [0.1, 0.15) is 44.5 Å². The second kappa shape index (κ2) is 19.6. The molecule has 3 nitrogen and oxygen atoms in total. The molecule has 0 aliphatic heterocycles. The van der Waals surface area contributed by atoms with E-state index in [-0.39, 0.29) is 11.6 Å². The topological polar surface area (TPSA) is 43.4 Å². The zero-order valence-electron chi connectivity index (χ0n) is 39.8. The van der Waals surface area contributed by atoms with Crippen LogP contribution in [0.2, 0.25) is 0 Å². The third-order valence-electron chi connectivity index (χ3n) is 13.7. The first-order chi connectivity index (χ1) is 36.1. The van der Waals surface area contributed by atoms with E-state index in [1.165, 1.54) is 0 Å². The molecular formula is C70H46O3. The molecule has 3 heteroatoms. The number of hydrogen-bond acceptors (Lipinski definition) is 3. The lowest BCUT2D eigenvalue weighted by Gasteiger charge is -2.15. The lowest BCUT2D eigenvalue weighted by atomic mass is 9.89. The molecule has 0 bridgehead atoms. The summed E-state index contributed by atoms with van der Waals surface area (Å²) in [4.78, 5) is 30.1. The molecule has 0 heterocycles. The molecule has 0 N–H and O–H groups in total. The SMILES string of the molecule is O=C1C(c2ccc(-c3ccccc3)cc2)=C(c2ccccc2)C(c2ccc(Oc3ccc(C4=C(c5ccccc5)C(=O)C(c5ccc(-c6ccccc6)cc5)=C4c4ccccc4)cc3)cc2)=C1c1ccccc1. The molecule has 10 aromatic rings. The van der Waals surface area contributed by atoms with E-state index in [0.29, 0.717) is 33.8 Å². The Bertz CT molecular complexity index is 3520. The fraction of sp³-hybridized carbons (Fsp3) is 0. The van der Waals surface area contributed by atoms with Crippen LogP contribution in [0.5, 0.6) is 11.5 Å².